The lowest BCUT2D eigenvalue weighted by molar-refractivity contribution is -0.138. The highest BCUT2D eigenvalue weighted by Crippen LogP contribution is 2.37. The molecule has 0 aromatic heterocycles. The second-order valence-corrected chi connectivity index (χ2v) is 8.47. The van der Waals surface area contributed by atoms with Crippen LogP contribution in [0.25, 0.3) is 0 Å². The normalized spacial score (nSPS) is 34.6. The molecule has 1 aliphatic heterocycles. The standard InChI is InChI=1S/C18H28N2O2S/c1-20(12-18(21)22)14-9-6-13(7-10-14)8-11-17-19-15-4-2-3-5-16(15)23-17/h8,11,13-16H,2-7,9-10,12H2,1H3,(H,21,22)/b11-8+. The van der Waals surface area contributed by atoms with Crippen LogP contribution < -0.4 is 0 Å². The highest BCUT2D eigenvalue weighted by Gasteiger charge is 2.31. The number of rotatable bonds is 5. The minimum Gasteiger partial charge on any atom is -0.480 e. The number of thioether (sulfide) groups is 1. The molecule has 0 amide bonds. The van der Waals surface area contributed by atoms with E-state index in [9.17, 15) is 4.79 Å². The number of nitrogens with zero attached hydrogens (tertiary/aromatic N) is 2. The molecule has 5 heteroatoms. The molecule has 0 aromatic rings. The number of carboxylic acid groups (broad SMARTS) is 1. The minimum atomic E-state index is -0.729. The van der Waals surface area contributed by atoms with E-state index in [0.29, 0.717) is 18.0 Å². The maximum absolute atomic E-state index is 10.8. The van der Waals surface area contributed by atoms with Crippen molar-refractivity contribution in [3.8, 4) is 0 Å². The number of carbonyl (C=O) groups is 1. The fraction of sp³-hybridized carbons (Fsp3) is 0.778. The van der Waals surface area contributed by atoms with E-state index in [2.05, 4.69) is 12.2 Å². The summed E-state index contributed by atoms with van der Waals surface area (Å²) >= 11 is 1.99. The predicted molar refractivity (Wildman–Crippen MR) is 96.2 cm³/mol. The van der Waals surface area contributed by atoms with Gasteiger partial charge in [-0.2, -0.15) is 0 Å². The Balaban J connectivity index is 1.44. The van der Waals surface area contributed by atoms with E-state index < -0.39 is 5.97 Å². The van der Waals surface area contributed by atoms with Crippen molar-refractivity contribution < 1.29 is 9.90 Å². The van der Waals surface area contributed by atoms with Crippen LogP contribution in [-0.4, -0.2) is 51.9 Å². The zero-order chi connectivity index (χ0) is 16.2. The number of hydrogen-bond acceptors (Lipinski definition) is 4. The van der Waals surface area contributed by atoms with E-state index in [0.717, 1.165) is 30.9 Å². The first-order valence-corrected chi connectivity index (χ1v) is 9.84. The van der Waals surface area contributed by atoms with Crippen LogP contribution >= 0.6 is 11.8 Å². The van der Waals surface area contributed by atoms with Crippen molar-refractivity contribution in [2.24, 2.45) is 10.9 Å². The van der Waals surface area contributed by atoms with Gasteiger partial charge < -0.3 is 5.11 Å². The molecule has 2 unspecified atom stereocenters. The third-order valence-corrected chi connectivity index (χ3v) is 6.83. The van der Waals surface area contributed by atoms with Crippen molar-refractivity contribution in [1.29, 1.82) is 0 Å². The Bertz CT molecular complexity index is 483. The van der Waals surface area contributed by atoms with Gasteiger partial charge in [-0.05, 0) is 57.6 Å². The van der Waals surface area contributed by atoms with Gasteiger partial charge in [-0.25, -0.2) is 0 Å². The summed E-state index contributed by atoms with van der Waals surface area (Å²) in [4.78, 5) is 17.7. The first-order valence-electron chi connectivity index (χ1n) is 8.96. The first-order chi connectivity index (χ1) is 11.1. The van der Waals surface area contributed by atoms with Gasteiger partial charge in [0.25, 0.3) is 0 Å². The number of carboxylic acids is 1. The van der Waals surface area contributed by atoms with Crippen LogP contribution in [0, 0.1) is 5.92 Å². The van der Waals surface area contributed by atoms with E-state index in [-0.39, 0.29) is 6.54 Å². The Morgan fingerprint density at radius 3 is 2.70 bits per heavy atom. The molecule has 4 nitrogen and oxygen atoms in total. The zero-order valence-electron chi connectivity index (χ0n) is 14.0. The van der Waals surface area contributed by atoms with Gasteiger partial charge in [-0.1, -0.05) is 18.9 Å². The molecule has 1 N–H and O–H groups in total. The predicted octanol–water partition coefficient (Wildman–Crippen LogP) is 3.57. The fourth-order valence-corrected chi connectivity index (χ4v) is 5.39. The van der Waals surface area contributed by atoms with Gasteiger partial charge in [0, 0.05) is 11.3 Å². The molecule has 0 radical (unpaired) electrons. The van der Waals surface area contributed by atoms with E-state index >= 15 is 0 Å². The molecule has 2 saturated carbocycles. The molecule has 2 fully saturated rings. The summed E-state index contributed by atoms with van der Waals surface area (Å²) in [6, 6.07) is 1.01. The molecule has 23 heavy (non-hydrogen) atoms. The molecule has 0 saturated heterocycles. The molecular weight excluding hydrogens is 308 g/mol. The molecule has 2 aliphatic carbocycles. The summed E-state index contributed by atoms with van der Waals surface area (Å²) in [6.07, 6.45) is 14.5. The molecule has 128 valence electrons. The van der Waals surface area contributed by atoms with Gasteiger partial charge in [-0.3, -0.25) is 14.7 Å². The Morgan fingerprint density at radius 2 is 2.00 bits per heavy atom. The van der Waals surface area contributed by atoms with Crippen molar-refractivity contribution in [3.05, 3.63) is 12.2 Å². The lowest BCUT2D eigenvalue weighted by atomic mass is 9.85. The molecule has 0 aromatic carbocycles. The average molecular weight is 337 g/mol. The third-order valence-electron chi connectivity index (χ3n) is 5.49. The first kappa shape index (κ1) is 17.0. The Kier molecular flexibility index (Phi) is 5.81. The maximum atomic E-state index is 10.8. The molecular formula is C18H28N2O2S. The summed E-state index contributed by atoms with van der Waals surface area (Å²) < 4.78 is 0. The van der Waals surface area contributed by atoms with E-state index in [1.165, 1.54) is 30.7 Å². The van der Waals surface area contributed by atoms with Crippen molar-refractivity contribution in [2.75, 3.05) is 13.6 Å². The monoisotopic (exact) mass is 336 g/mol. The van der Waals surface area contributed by atoms with Crippen molar-refractivity contribution >= 4 is 22.8 Å². The van der Waals surface area contributed by atoms with E-state index in [4.69, 9.17) is 10.1 Å². The summed E-state index contributed by atoms with van der Waals surface area (Å²) in [5.74, 6) is -0.0948. The number of aliphatic imine (C=N–C) groups is 1. The average Bonchev–Trinajstić information content (AvgIpc) is 2.95. The highest BCUT2D eigenvalue weighted by molar-refractivity contribution is 8.15. The Morgan fingerprint density at radius 1 is 1.26 bits per heavy atom. The number of likely N-dealkylation sites (N-methyl/N-ethyl adjacent to an activating group) is 1. The van der Waals surface area contributed by atoms with Gasteiger partial charge in [0.15, 0.2) is 0 Å². The topological polar surface area (TPSA) is 52.9 Å². The summed E-state index contributed by atoms with van der Waals surface area (Å²) in [7, 11) is 1.93. The van der Waals surface area contributed by atoms with Crippen molar-refractivity contribution in [3.63, 3.8) is 0 Å². The largest absolute Gasteiger partial charge is 0.480 e. The fourth-order valence-electron chi connectivity index (χ4n) is 4.09. The number of fused-ring (bicyclic) bond motifs is 1. The van der Waals surface area contributed by atoms with Gasteiger partial charge in [0.2, 0.25) is 0 Å². The van der Waals surface area contributed by atoms with Gasteiger partial charge in [0.1, 0.15) is 0 Å². The van der Waals surface area contributed by atoms with Crippen molar-refractivity contribution in [2.45, 2.75) is 68.7 Å². The number of aliphatic carboxylic acids is 1. The van der Waals surface area contributed by atoms with Crippen LogP contribution in [0.4, 0.5) is 0 Å². The third kappa shape index (κ3) is 4.60. The molecule has 3 rings (SSSR count). The van der Waals surface area contributed by atoms with Crippen LogP contribution in [0.15, 0.2) is 17.1 Å². The molecule has 1 heterocycles. The number of hydrogen-bond donors (Lipinski definition) is 1. The lowest BCUT2D eigenvalue weighted by Crippen LogP contribution is -2.38. The summed E-state index contributed by atoms with van der Waals surface area (Å²) in [5.41, 5.74) is 0. The molecule has 3 aliphatic rings. The van der Waals surface area contributed by atoms with Gasteiger partial charge >= 0.3 is 5.97 Å². The Labute approximate surface area is 143 Å². The van der Waals surface area contributed by atoms with Crippen molar-refractivity contribution in [1.82, 2.24) is 4.90 Å². The lowest BCUT2D eigenvalue weighted by Gasteiger charge is -2.32. The SMILES string of the molecule is CN(CC(=O)O)C1CCC(/C=C/C2=NC3CCCCC3S2)CC1. The van der Waals surface area contributed by atoms with Crippen LogP contribution in [0.3, 0.4) is 0 Å². The maximum Gasteiger partial charge on any atom is 0.317 e. The second kappa shape index (κ2) is 7.84. The van der Waals surface area contributed by atoms with Gasteiger partial charge in [0.05, 0.1) is 17.6 Å². The Hall–Kier alpha value is -0.810. The molecule has 0 bridgehead atoms. The molecule has 2 atom stereocenters. The van der Waals surface area contributed by atoms with Crippen LogP contribution in [0.1, 0.15) is 51.4 Å². The second-order valence-electron chi connectivity index (χ2n) is 7.21. The van der Waals surface area contributed by atoms with E-state index in [1.54, 1.807) is 0 Å². The van der Waals surface area contributed by atoms with Gasteiger partial charge in [-0.15, -0.1) is 11.8 Å². The van der Waals surface area contributed by atoms with Crippen LogP contribution in [0.5, 0.6) is 0 Å². The highest BCUT2D eigenvalue weighted by atomic mass is 32.2. The quantitative estimate of drug-likeness (QED) is 0.834. The van der Waals surface area contributed by atoms with Crippen LogP contribution in [0.2, 0.25) is 0 Å². The van der Waals surface area contributed by atoms with Crippen LogP contribution in [-0.2, 0) is 4.79 Å². The summed E-state index contributed by atoms with van der Waals surface area (Å²) in [6.45, 7) is 0.154. The number of allylic oxidation sites excluding steroid dienone is 1. The minimum absolute atomic E-state index is 0.154. The van der Waals surface area contributed by atoms with E-state index in [1.807, 2.05) is 23.7 Å². The summed E-state index contributed by atoms with van der Waals surface area (Å²) in [5, 5.41) is 10.9. The molecule has 0 spiro atoms. The smallest absolute Gasteiger partial charge is 0.317 e. The zero-order valence-corrected chi connectivity index (χ0v) is 14.8.